The molecule has 0 spiro atoms. The number of hydrogen-bond donors (Lipinski definition) is 1. The number of imidazole rings is 1. The SMILES string of the molecule is CC(Cn1ccnc1)Nc1nn(C)c(=O)n(C)c1=O. The first-order valence-electron chi connectivity index (χ1n) is 5.85. The Morgan fingerprint density at radius 3 is 2.74 bits per heavy atom. The lowest BCUT2D eigenvalue weighted by Crippen LogP contribution is -2.41. The number of aryl methyl sites for hydroxylation is 1. The molecule has 2 heterocycles. The second-order valence-electron chi connectivity index (χ2n) is 4.42. The third-order valence-electron chi connectivity index (χ3n) is 2.75. The van der Waals surface area contributed by atoms with Crippen molar-refractivity contribution in [2.24, 2.45) is 14.1 Å². The molecule has 0 aliphatic heterocycles. The van der Waals surface area contributed by atoms with Crippen LogP contribution in [0.15, 0.2) is 28.3 Å². The molecule has 0 fully saturated rings. The van der Waals surface area contributed by atoms with Gasteiger partial charge in [0.05, 0.1) is 6.33 Å². The predicted molar refractivity (Wildman–Crippen MR) is 70.0 cm³/mol. The zero-order chi connectivity index (χ0) is 14.0. The Morgan fingerprint density at radius 1 is 1.37 bits per heavy atom. The van der Waals surface area contributed by atoms with Crippen LogP contribution in [0.25, 0.3) is 0 Å². The summed E-state index contributed by atoms with van der Waals surface area (Å²) in [7, 11) is 2.94. The molecule has 2 aromatic heterocycles. The Bertz CT molecular complexity index is 669. The van der Waals surface area contributed by atoms with Gasteiger partial charge in [0.2, 0.25) is 5.82 Å². The average molecular weight is 264 g/mol. The monoisotopic (exact) mass is 264 g/mol. The quantitative estimate of drug-likeness (QED) is 0.779. The molecule has 0 amide bonds. The minimum absolute atomic E-state index is 0.0214. The minimum atomic E-state index is -0.446. The molecule has 1 N–H and O–H groups in total. The number of nitrogens with zero attached hydrogens (tertiary/aromatic N) is 5. The predicted octanol–water partition coefficient (Wildman–Crippen LogP) is -0.824. The van der Waals surface area contributed by atoms with Crippen LogP contribution in [0.5, 0.6) is 0 Å². The van der Waals surface area contributed by atoms with Crippen molar-refractivity contribution in [3.63, 3.8) is 0 Å². The number of rotatable bonds is 4. The zero-order valence-electron chi connectivity index (χ0n) is 11.1. The van der Waals surface area contributed by atoms with Crippen LogP contribution < -0.4 is 16.6 Å². The summed E-state index contributed by atoms with van der Waals surface area (Å²) in [5.74, 6) is 0.164. The third kappa shape index (κ3) is 2.72. The maximum absolute atomic E-state index is 11.9. The molecular formula is C11H16N6O2. The summed E-state index contributed by atoms with van der Waals surface area (Å²) in [6.45, 7) is 2.57. The van der Waals surface area contributed by atoms with E-state index in [0.717, 1.165) is 9.25 Å². The van der Waals surface area contributed by atoms with Crippen LogP contribution in [0.2, 0.25) is 0 Å². The Labute approximate surface area is 109 Å². The standard InChI is InChI=1S/C11H16N6O2/c1-8(6-17-5-4-12-7-17)13-9-10(18)15(2)11(19)16(3)14-9/h4-5,7-8H,6H2,1-3H3,(H,13,14). The van der Waals surface area contributed by atoms with E-state index in [1.54, 1.807) is 12.5 Å². The van der Waals surface area contributed by atoms with Crippen LogP contribution in [-0.2, 0) is 20.6 Å². The highest BCUT2D eigenvalue weighted by atomic mass is 16.2. The van der Waals surface area contributed by atoms with Crippen LogP contribution in [0, 0.1) is 0 Å². The number of nitrogens with one attached hydrogen (secondary N) is 1. The van der Waals surface area contributed by atoms with Gasteiger partial charge in [0.25, 0.3) is 5.56 Å². The number of aromatic nitrogens is 5. The second-order valence-corrected chi connectivity index (χ2v) is 4.42. The van der Waals surface area contributed by atoms with Gasteiger partial charge >= 0.3 is 5.69 Å². The van der Waals surface area contributed by atoms with Crippen molar-refractivity contribution in [3.8, 4) is 0 Å². The zero-order valence-corrected chi connectivity index (χ0v) is 11.1. The molecule has 102 valence electrons. The van der Waals surface area contributed by atoms with Crippen molar-refractivity contribution >= 4 is 5.82 Å². The highest BCUT2D eigenvalue weighted by Crippen LogP contribution is 1.98. The van der Waals surface area contributed by atoms with Gasteiger partial charge in [-0.3, -0.25) is 9.36 Å². The van der Waals surface area contributed by atoms with E-state index in [2.05, 4.69) is 15.4 Å². The molecule has 0 aliphatic carbocycles. The van der Waals surface area contributed by atoms with E-state index in [-0.39, 0.29) is 11.9 Å². The molecule has 1 unspecified atom stereocenters. The van der Waals surface area contributed by atoms with Crippen LogP contribution >= 0.6 is 0 Å². The van der Waals surface area contributed by atoms with Crippen LogP contribution in [0.4, 0.5) is 5.82 Å². The molecule has 2 aromatic rings. The fourth-order valence-corrected chi connectivity index (χ4v) is 1.78. The molecule has 8 heteroatoms. The summed E-state index contributed by atoms with van der Waals surface area (Å²) < 4.78 is 4.05. The van der Waals surface area contributed by atoms with Crippen molar-refractivity contribution in [1.82, 2.24) is 23.9 Å². The Kier molecular flexibility index (Phi) is 3.50. The molecule has 2 rings (SSSR count). The highest BCUT2D eigenvalue weighted by molar-refractivity contribution is 5.30. The summed E-state index contributed by atoms with van der Waals surface area (Å²) >= 11 is 0. The maximum Gasteiger partial charge on any atom is 0.346 e. The topological polar surface area (TPSA) is 86.7 Å². The summed E-state index contributed by atoms with van der Waals surface area (Å²) in [5.41, 5.74) is -0.876. The lowest BCUT2D eigenvalue weighted by molar-refractivity contribution is 0.581. The normalized spacial score (nSPS) is 12.4. The van der Waals surface area contributed by atoms with E-state index in [0.29, 0.717) is 6.54 Å². The molecule has 0 aromatic carbocycles. The molecule has 8 nitrogen and oxygen atoms in total. The van der Waals surface area contributed by atoms with E-state index in [9.17, 15) is 9.59 Å². The van der Waals surface area contributed by atoms with E-state index in [4.69, 9.17) is 0 Å². The first kappa shape index (κ1) is 13.1. The minimum Gasteiger partial charge on any atom is -0.360 e. The first-order valence-corrected chi connectivity index (χ1v) is 5.85. The van der Waals surface area contributed by atoms with Crippen LogP contribution in [0.1, 0.15) is 6.92 Å². The van der Waals surface area contributed by atoms with E-state index >= 15 is 0 Å². The van der Waals surface area contributed by atoms with Gasteiger partial charge in [0.1, 0.15) is 0 Å². The maximum atomic E-state index is 11.9. The van der Waals surface area contributed by atoms with Crippen molar-refractivity contribution in [2.45, 2.75) is 19.5 Å². The van der Waals surface area contributed by atoms with Crippen molar-refractivity contribution in [1.29, 1.82) is 0 Å². The highest BCUT2D eigenvalue weighted by Gasteiger charge is 2.11. The van der Waals surface area contributed by atoms with Crippen molar-refractivity contribution in [2.75, 3.05) is 5.32 Å². The van der Waals surface area contributed by atoms with Crippen molar-refractivity contribution < 1.29 is 0 Å². The smallest absolute Gasteiger partial charge is 0.346 e. The van der Waals surface area contributed by atoms with Crippen LogP contribution in [-0.4, -0.2) is 29.9 Å². The number of anilines is 1. The molecule has 0 bridgehead atoms. The van der Waals surface area contributed by atoms with E-state index in [1.807, 2.05) is 17.7 Å². The van der Waals surface area contributed by atoms with Gasteiger partial charge < -0.3 is 9.88 Å². The average Bonchev–Trinajstić information content (AvgIpc) is 2.86. The molecule has 1 atom stereocenters. The molecular weight excluding hydrogens is 248 g/mol. The largest absolute Gasteiger partial charge is 0.360 e. The third-order valence-corrected chi connectivity index (χ3v) is 2.75. The molecule has 19 heavy (non-hydrogen) atoms. The molecule has 0 saturated carbocycles. The second kappa shape index (κ2) is 5.09. The Hall–Kier alpha value is -2.38. The van der Waals surface area contributed by atoms with Crippen molar-refractivity contribution in [3.05, 3.63) is 39.6 Å². The van der Waals surface area contributed by atoms with E-state index in [1.165, 1.54) is 14.1 Å². The first-order chi connectivity index (χ1) is 8.99. The molecule has 0 radical (unpaired) electrons. The van der Waals surface area contributed by atoms with Crippen LogP contribution in [0.3, 0.4) is 0 Å². The summed E-state index contributed by atoms with van der Waals surface area (Å²) in [4.78, 5) is 27.3. The van der Waals surface area contributed by atoms with Gasteiger partial charge in [-0.05, 0) is 6.92 Å². The van der Waals surface area contributed by atoms with Gasteiger partial charge in [-0.25, -0.2) is 14.5 Å². The Balaban J connectivity index is 2.20. The fraction of sp³-hybridized carbons (Fsp3) is 0.455. The van der Waals surface area contributed by atoms with Gasteiger partial charge in [-0.2, -0.15) is 0 Å². The van der Waals surface area contributed by atoms with Gasteiger partial charge in [0, 0.05) is 39.1 Å². The Morgan fingerprint density at radius 2 is 2.11 bits per heavy atom. The molecule has 0 saturated heterocycles. The molecule has 0 aliphatic rings. The van der Waals surface area contributed by atoms with Gasteiger partial charge in [-0.15, -0.1) is 5.10 Å². The lowest BCUT2D eigenvalue weighted by atomic mass is 10.3. The lowest BCUT2D eigenvalue weighted by Gasteiger charge is -2.15. The summed E-state index contributed by atoms with van der Waals surface area (Å²) in [6, 6.07) is -0.0214. The number of hydrogen-bond acceptors (Lipinski definition) is 5. The van der Waals surface area contributed by atoms with Gasteiger partial charge in [0.15, 0.2) is 0 Å². The van der Waals surface area contributed by atoms with E-state index < -0.39 is 11.2 Å². The fourth-order valence-electron chi connectivity index (χ4n) is 1.78. The van der Waals surface area contributed by atoms with Gasteiger partial charge in [-0.1, -0.05) is 0 Å². The summed E-state index contributed by atoms with van der Waals surface area (Å²) in [5, 5.41) is 6.94. The summed E-state index contributed by atoms with van der Waals surface area (Å²) in [6.07, 6.45) is 5.23.